The van der Waals surface area contributed by atoms with Crippen molar-refractivity contribution in [1.82, 2.24) is 19.4 Å². The molecule has 5 nitrogen and oxygen atoms in total. The molecule has 1 fully saturated rings. The molecular weight excluding hydrogens is 487 g/mol. The highest BCUT2D eigenvalue weighted by molar-refractivity contribution is 6.02. The van der Waals surface area contributed by atoms with Gasteiger partial charge in [-0.3, -0.25) is 4.90 Å². The smallest absolute Gasteiger partial charge is 0.353 e. The van der Waals surface area contributed by atoms with Crippen LogP contribution in [0.1, 0.15) is 11.1 Å². The van der Waals surface area contributed by atoms with Crippen molar-refractivity contribution in [3.05, 3.63) is 109 Å². The average molecular weight is 514 g/mol. The maximum atomic E-state index is 13.5. The zero-order valence-electron chi connectivity index (χ0n) is 20.6. The van der Waals surface area contributed by atoms with Gasteiger partial charge in [0.1, 0.15) is 12.1 Å². The molecule has 1 saturated heterocycles. The van der Waals surface area contributed by atoms with Gasteiger partial charge in [-0.05, 0) is 29.3 Å². The highest BCUT2D eigenvalue weighted by Crippen LogP contribution is 2.38. The van der Waals surface area contributed by atoms with Crippen molar-refractivity contribution in [2.24, 2.45) is 0 Å². The van der Waals surface area contributed by atoms with E-state index in [1.165, 1.54) is 24.0 Å². The second-order valence-electron chi connectivity index (χ2n) is 9.47. The number of nitrogens with zero attached hydrogens (tertiary/aromatic N) is 5. The van der Waals surface area contributed by atoms with Crippen LogP contribution < -0.4 is 4.90 Å². The first-order valence-electron chi connectivity index (χ1n) is 12.6. The third-order valence-electron chi connectivity index (χ3n) is 7.02. The van der Waals surface area contributed by atoms with Gasteiger partial charge in [0.2, 0.25) is 0 Å². The molecule has 0 N–H and O–H groups in total. The van der Waals surface area contributed by atoms with Gasteiger partial charge in [-0.2, -0.15) is 13.2 Å². The van der Waals surface area contributed by atoms with E-state index in [1.807, 2.05) is 42.6 Å². The van der Waals surface area contributed by atoms with Crippen LogP contribution in [-0.4, -0.2) is 45.6 Å². The topological polar surface area (TPSA) is 37.2 Å². The monoisotopic (exact) mass is 513 g/mol. The van der Waals surface area contributed by atoms with Crippen LogP contribution in [0.15, 0.2) is 97.5 Å². The van der Waals surface area contributed by atoms with Gasteiger partial charge in [0.15, 0.2) is 5.65 Å². The molecule has 1 aliphatic rings. The zero-order chi connectivity index (χ0) is 26.1. The van der Waals surface area contributed by atoms with Gasteiger partial charge in [-0.15, -0.1) is 0 Å². The van der Waals surface area contributed by atoms with Gasteiger partial charge in [0, 0.05) is 50.2 Å². The highest BCUT2D eigenvalue weighted by atomic mass is 19.4. The third kappa shape index (κ3) is 4.75. The second kappa shape index (κ2) is 9.95. The Kier molecular flexibility index (Phi) is 6.33. The number of hydrogen-bond acceptors (Lipinski definition) is 4. The summed E-state index contributed by atoms with van der Waals surface area (Å²) in [6.45, 7) is 4.25. The number of halogens is 3. The number of aromatic nitrogens is 3. The van der Waals surface area contributed by atoms with Crippen LogP contribution in [0.5, 0.6) is 0 Å². The van der Waals surface area contributed by atoms with Crippen LogP contribution in [0.25, 0.3) is 27.8 Å². The second-order valence-corrected chi connectivity index (χ2v) is 9.47. The van der Waals surface area contributed by atoms with Crippen molar-refractivity contribution in [2.75, 3.05) is 31.1 Å². The molecule has 0 amide bonds. The lowest BCUT2D eigenvalue weighted by Gasteiger charge is -2.35. The first kappa shape index (κ1) is 24.2. The molecule has 0 spiro atoms. The summed E-state index contributed by atoms with van der Waals surface area (Å²) in [6, 6.07) is 25.6. The summed E-state index contributed by atoms with van der Waals surface area (Å²) in [5.41, 5.74) is 3.43. The molecule has 3 aromatic carbocycles. The predicted octanol–water partition coefficient (Wildman–Crippen LogP) is 6.43. The van der Waals surface area contributed by atoms with Crippen molar-refractivity contribution in [2.45, 2.75) is 12.7 Å². The molecule has 2 aromatic heterocycles. The van der Waals surface area contributed by atoms with Crippen molar-refractivity contribution in [3.63, 3.8) is 0 Å². The molecule has 0 unspecified atom stereocenters. The van der Waals surface area contributed by atoms with Crippen LogP contribution in [0.2, 0.25) is 0 Å². The molecule has 192 valence electrons. The predicted molar refractivity (Wildman–Crippen MR) is 143 cm³/mol. The van der Waals surface area contributed by atoms with E-state index in [1.54, 1.807) is 10.6 Å². The molecule has 0 radical (unpaired) electrons. The lowest BCUT2D eigenvalue weighted by Crippen LogP contribution is -2.46. The normalized spacial score (nSPS) is 14.8. The van der Waals surface area contributed by atoms with Crippen LogP contribution in [0, 0.1) is 0 Å². The van der Waals surface area contributed by atoms with Gasteiger partial charge < -0.3 is 9.47 Å². The minimum Gasteiger partial charge on any atom is -0.353 e. The summed E-state index contributed by atoms with van der Waals surface area (Å²) in [5.74, 6) is 0.805. The molecule has 6 rings (SSSR count). The van der Waals surface area contributed by atoms with E-state index in [2.05, 4.69) is 39.0 Å². The van der Waals surface area contributed by atoms with Crippen LogP contribution in [-0.2, 0) is 12.7 Å². The molecule has 5 aromatic rings. The first-order chi connectivity index (χ1) is 18.5. The minimum atomic E-state index is -4.43. The van der Waals surface area contributed by atoms with Gasteiger partial charge in [0.05, 0.1) is 10.9 Å². The van der Waals surface area contributed by atoms with E-state index in [-0.39, 0.29) is 0 Å². The Morgan fingerprint density at radius 3 is 2.18 bits per heavy atom. The van der Waals surface area contributed by atoms with Crippen LogP contribution in [0.4, 0.5) is 19.0 Å². The largest absolute Gasteiger partial charge is 0.416 e. The Hall–Kier alpha value is -4.17. The van der Waals surface area contributed by atoms with Crippen molar-refractivity contribution in [3.8, 4) is 16.8 Å². The zero-order valence-corrected chi connectivity index (χ0v) is 20.6. The lowest BCUT2D eigenvalue weighted by atomic mass is 10.1. The number of rotatable bonds is 5. The number of hydrogen-bond donors (Lipinski definition) is 0. The van der Waals surface area contributed by atoms with Gasteiger partial charge in [0.25, 0.3) is 0 Å². The quantitative estimate of drug-likeness (QED) is 0.272. The number of fused-ring (bicyclic) bond motifs is 1. The molecule has 8 heteroatoms. The van der Waals surface area contributed by atoms with Crippen molar-refractivity contribution >= 4 is 16.9 Å². The fourth-order valence-corrected chi connectivity index (χ4v) is 5.11. The molecule has 1 aliphatic heterocycles. The maximum Gasteiger partial charge on any atom is 0.416 e. The molecule has 0 bridgehead atoms. The first-order valence-corrected chi connectivity index (χ1v) is 12.6. The van der Waals surface area contributed by atoms with Crippen molar-refractivity contribution in [1.29, 1.82) is 0 Å². The van der Waals surface area contributed by atoms with Gasteiger partial charge >= 0.3 is 6.18 Å². The molecule has 0 atom stereocenters. The molecule has 0 aliphatic carbocycles. The van der Waals surface area contributed by atoms with E-state index < -0.39 is 11.7 Å². The van der Waals surface area contributed by atoms with E-state index >= 15 is 0 Å². The fourth-order valence-electron chi connectivity index (χ4n) is 5.11. The summed E-state index contributed by atoms with van der Waals surface area (Å²) in [6.07, 6.45) is -1.05. The maximum absolute atomic E-state index is 13.5. The number of piperazine rings is 1. The van der Waals surface area contributed by atoms with Crippen molar-refractivity contribution < 1.29 is 13.2 Å². The summed E-state index contributed by atoms with van der Waals surface area (Å²) < 4.78 is 42.2. The number of alkyl halides is 3. The van der Waals surface area contributed by atoms with Crippen LogP contribution in [0.3, 0.4) is 0 Å². The minimum absolute atomic E-state index is 0.407. The number of benzene rings is 3. The van der Waals surface area contributed by atoms with Gasteiger partial charge in [-0.25, -0.2) is 9.97 Å². The Labute approximate surface area is 218 Å². The Morgan fingerprint density at radius 1 is 0.763 bits per heavy atom. The van der Waals surface area contributed by atoms with Gasteiger partial charge in [-0.1, -0.05) is 66.7 Å². The molecule has 38 heavy (non-hydrogen) atoms. The third-order valence-corrected chi connectivity index (χ3v) is 7.02. The Morgan fingerprint density at radius 2 is 1.47 bits per heavy atom. The fraction of sp³-hybridized carbons (Fsp3) is 0.200. The lowest BCUT2D eigenvalue weighted by molar-refractivity contribution is -0.137. The highest BCUT2D eigenvalue weighted by Gasteiger charge is 2.31. The molecular formula is C30H26F3N5. The number of anilines is 1. The summed E-state index contributed by atoms with van der Waals surface area (Å²) in [4.78, 5) is 13.9. The van der Waals surface area contributed by atoms with E-state index in [4.69, 9.17) is 4.98 Å². The summed E-state index contributed by atoms with van der Waals surface area (Å²) >= 11 is 0. The van der Waals surface area contributed by atoms with E-state index in [0.29, 0.717) is 11.3 Å². The summed E-state index contributed by atoms with van der Waals surface area (Å²) in [7, 11) is 0. The van der Waals surface area contributed by atoms with E-state index in [9.17, 15) is 13.2 Å². The Bertz CT molecular complexity index is 1540. The summed E-state index contributed by atoms with van der Waals surface area (Å²) in [5, 5.41) is 0.840. The standard InChI is InChI=1S/C30H26F3N5/c31-30(32,33)24-12-7-13-25(18-24)38-20-26(23-10-5-2-6-11-23)27-28(34-21-35-29(27)38)37-16-14-36(15-17-37)19-22-8-3-1-4-9-22/h1-13,18,20-21H,14-17,19H2. The van der Waals surface area contributed by atoms with Crippen LogP contribution >= 0.6 is 0 Å². The Balaban J connectivity index is 1.40. The average Bonchev–Trinajstić information content (AvgIpc) is 3.34. The SMILES string of the molecule is FC(F)(F)c1cccc(-n2cc(-c3ccccc3)c3c(N4CCN(Cc5ccccc5)CC4)ncnc32)c1. The molecule has 0 saturated carbocycles. The molecule has 3 heterocycles. The van der Waals surface area contributed by atoms with E-state index in [0.717, 1.165) is 61.1 Å².